The molecule has 4 aromatic rings. The Bertz CT molecular complexity index is 1760. The number of benzene rings is 2. The van der Waals surface area contributed by atoms with Crippen LogP contribution in [0, 0.1) is 3.57 Å². The molecule has 3 heterocycles. The van der Waals surface area contributed by atoms with Gasteiger partial charge in [-0.15, -0.1) is 11.3 Å². The van der Waals surface area contributed by atoms with Crippen LogP contribution in [-0.4, -0.2) is 24.3 Å². The third kappa shape index (κ3) is 6.19. The summed E-state index contributed by atoms with van der Waals surface area (Å²) in [4.78, 5) is 33.4. The number of rotatable bonds is 10. The van der Waals surface area contributed by atoms with Gasteiger partial charge in [-0.1, -0.05) is 61.1 Å². The predicted octanol–water partition coefficient (Wildman–Crippen LogP) is 5.83. The van der Waals surface area contributed by atoms with Crippen LogP contribution < -0.4 is 24.4 Å². The highest BCUT2D eigenvalue weighted by atomic mass is 127. The summed E-state index contributed by atoms with van der Waals surface area (Å²) in [5.74, 6) is 0.799. The maximum absolute atomic E-state index is 13.9. The van der Waals surface area contributed by atoms with Crippen LogP contribution in [0.5, 0.6) is 11.5 Å². The quantitative estimate of drug-likeness (QED) is 0.154. The molecule has 2 aromatic carbocycles. The lowest BCUT2D eigenvalue weighted by molar-refractivity contribution is -0.139. The lowest BCUT2D eigenvalue weighted by Crippen LogP contribution is -2.39. The molecule has 212 valence electrons. The molecular formula is C31H29IN2O5S2. The summed E-state index contributed by atoms with van der Waals surface area (Å²) >= 11 is 5.05. The zero-order valence-electron chi connectivity index (χ0n) is 22.9. The predicted molar refractivity (Wildman–Crippen MR) is 170 cm³/mol. The average Bonchev–Trinajstić information content (AvgIpc) is 3.61. The molecule has 0 fully saturated rings. The number of carbonyl (C=O) groups excluding carboxylic acids is 1. The third-order valence-electron chi connectivity index (χ3n) is 6.48. The van der Waals surface area contributed by atoms with Gasteiger partial charge >= 0.3 is 5.97 Å². The highest BCUT2D eigenvalue weighted by molar-refractivity contribution is 14.1. The molecule has 7 nitrogen and oxygen atoms in total. The zero-order chi connectivity index (χ0) is 28.9. The van der Waals surface area contributed by atoms with Gasteiger partial charge in [-0.25, -0.2) is 9.79 Å². The first-order valence-electron chi connectivity index (χ1n) is 13.2. The number of ether oxygens (including phenoxy) is 3. The molecule has 10 heteroatoms. The van der Waals surface area contributed by atoms with Crippen molar-refractivity contribution in [2.75, 3.05) is 13.7 Å². The summed E-state index contributed by atoms with van der Waals surface area (Å²) in [7, 11) is 1.60. The normalized spacial score (nSPS) is 14.9. The van der Waals surface area contributed by atoms with Gasteiger partial charge < -0.3 is 14.2 Å². The maximum atomic E-state index is 13.9. The third-order valence-corrected chi connectivity index (χ3v) is 9.19. The molecule has 1 aliphatic heterocycles. The Kier molecular flexibility index (Phi) is 9.41. The van der Waals surface area contributed by atoms with Gasteiger partial charge in [0.05, 0.1) is 33.1 Å². The Hall–Kier alpha value is -3.22. The van der Waals surface area contributed by atoms with Gasteiger partial charge in [-0.05, 0) is 76.7 Å². The molecule has 5 rings (SSSR count). The van der Waals surface area contributed by atoms with Crippen molar-refractivity contribution in [3.8, 4) is 11.5 Å². The minimum atomic E-state index is -0.586. The van der Waals surface area contributed by atoms with Gasteiger partial charge in [0, 0.05) is 4.88 Å². The smallest absolute Gasteiger partial charge is 0.338 e. The standard InChI is InChI=1S/C31H29IN2O5S2/c1-4-10-22-26(30(36)38-5-2)27(24-13-9-14-40-24)34-29(35)25(41-31(34)33-22)17-20-15-21(32)28(23(16-20)37-3)39-18-19-11-7-6-8-12-19/h6-9,11-17,27H,4-5,10,18H2,1-3H3/b25-17-. The van der Waals surface area contributed by atoms with Crippen molar-refractivity contribution in [1.29, 1.82) is 0 Å². The SMILES string of the molecule is CCCC1=C(C(=O)OCC)C(c2cccs2)n2c(s/c(=C\c3cc(I)c(OCc4ccccc4)c(OC)c3)c2=O)=N1. The lowest BCUT2D eigenvalue weighted by atomic mass is 9.99. The first-order chi connectivity index (χ1) is 19.9. The van der Waals surface area contributed by atoms with Crippen LogP contribution in [0.1, 0.15) is 48.7 Å². The Balaban J connectivity index is 1.59. The number of thiazole rings is 1. The summed E-state index contributed by atoms with van der Waals surface area (Å²) in [6.07, 6.45) is 3.26. The van der Waals surface area contributed by atoms with Gasteiger partial charge in [0.1, 0.15) is 12.6 Å². The molecule has 0 aliphatic carbocycles. The zero-order valence-corrected chi connectivity index (χ0v) is 26.7. The van der Waals surface area contributed by atoms with E-state index in [0.29, 0.717) is 45.1 Å². The molecule has 1 atom stereocenters. The van der Waals surface area contributed by atoms with Crippen molar-refractivity contribution < 1.29 is 19.0 Å². The topological polar surface area (TPSA) is 79.1 Å². The summed E-state index contributed by atoms with van der Waals surface area (Å²) in [5.41, 5.74) is 2.76. The molecule has 1 unspecified atom stereocenters. The largest absolute Gasteiger partial charge is 0.493 e. The second-order valence-electron chi connectivity index (χ2n) is 9.24. The van der Waals surface area contributed by atoms with Crippen molar-refractivity contribution in [2.45, 2.75) is 39.3 Å². The molecule has 0 saturated carbocycles. The van der Waals surface area contributed by atoms with Crippen molar-refractivity contribution in [2.24, 2.45) is 4.99 Å². The number of halogens is 1. The van der Waals surface area contributed by atoms with E-state index in [9.17, 15) is 9.59 Å². The van der Waals surface area contributed by atoms with Gasteiger partial charge in [0.15, 0.2) is 16.3 Å². The number of methoxy groups -OCH3 is 1. The van der Waals surface area contributed by atoms with Crippen molar-refractivity contribution in [3.05, 3.63) is 111 Å². The summed E-state index contributed by atoms with van der Waals surface area (Å²) < 4.78 is 20.2. The molecule has 0 N–H and O–H groups in total. The monoisotopic (exact) mass is 700 g/mol. The highest BCUT2D eigenvalue weighted by Gasteiger charge is 2.34. The fraction of sp³-hybridized carbons (Fsp3) is 0.258. The number of hydrogen-bond donors (Lipinski definition) is 0. The molecule has 0 spiro atoms. The molecule has 0 amide bonds. The van der Waals surface area contributed by atoms with Crippen molar-refractivity contribution in [3.63, 3.8) is 0 Å². The van der Waals surface area contributed by atoms with Crippen LogP contribution in [-0.2, 0) is 16.1 Å². The minimum absolute atomic E-state index is 0.206. The summed E-state index contributed by atoms with van der Waals surface area (Å²) in [6, 6.07) is 17.1. The van der Waals surface area contributed by atoms with E-state index in [-0.39, 0.29) is 12.2 Å². The molecular weight excluding hydrogens is 671 g/mol. The average molecular weight is 701 g/mol. The van der Waals surface area contributed by atoms with Crippen LogP contribution in [0.15, 0.2) is 81.0 Å². The van der Waals surface area contributed by atoms with Gasteiger partial charge in [0.2, 0.25) is 0 Å². The Morgan fingerprint density at radius 2 is 1.95 bits per heavy atom. The van der Waals surface area contributed by atoms with E-state index >= 15 is 0 Å². The maximum Gasteiger partial charge on any atom is 0.338 e. The van der Waals surface area contributed by atoms with Gasteiger partial charge in [-0.2, -0.15) is 0 Å². The van der Waals surface area contributed by atoms with Crippen molar-refractivity contribution >= 4 is 57.3 Å². The van der Waals surface area contributed by atoms with E-state index in [1.165, 1.54) is 22.7 Å². The minimum Gasteiger partial charge on any atom is -0.493 e. The molecule has 2 aromatic heterocycles. The van der Waals surface area contributed by atoms with Crippen LogP contribution >= 0.6 is 45.3 Å². The highest BCUT2D eigenvalue weighted by Crippen LogP contribution is 2.36. The Morgan fingerprint density at radius 1 is 1.15 bits per heavy atom. The van der Waals surface area contributed by atoms with E-state index in [2.05, 4.69) is 22.6 Å². The summed E-state index contributed by atoms with van der Waals surface area (Å²) in [6.45, 7) is 4.48. The number of esters is 1. The van der Waals surface area contributed by atoms with E-state index in [4.69, 9.17) is 19.2 Å². The van der Waals surface area contributed by atoms with Gasteiger partial charge in [0.25, 0.3) is 5.56 Å². The number of aromatic nitrogens is 1. The van der Waals surface area contributed by atoms with Crippen LogP contribution in [0.2, 0.25) is 0 Å². The van der Waals surface area contributed by atoms with Crippen molar-refractivity contribution in [1.82, 2.24) is 4.57 Å². The number of fused-ring (bicyclic) bond motifs is 1. The number of nitrogens with zero attached hydrogens (tertiary/aromatic N) is 2. The number of carbonyl (C=O) groups is 1. The van der Waals surface area contributed by atoms with Crippen LogP contribution in [0.25, 0.3) is 6.08 Å². The Labute approximate surface area is 259 Å². The molecule has 0 radical (unpaired) electrons. The van der Waals surface area contributed by atoms with E-state index < -0.39 is 12.0 Å². The fourth-order valence-corrected chi connectivity index (χ4v) is 7.31. The lowest BCUT2D eigenvalue weighted by Gasteiger charge is -2.24. The molecule has 0 bridgehead atoms. The van der Waals surface area contributed by atoms with E-state index in [1.54, 1.807) is 18.6 Å². The fourth-order valence-electron chi connectivity index (χ4n) is 4.68. The molecule has 41 heavy (non-hydrogen) atoms. The first kappa shape index (κ1) is 29.3. The van der Waals surface area contributed by atoms with E-state index in [0.717, 1.165) is 26.0 Å². The summed E-state index contributed by atoms with van der Waals surface area (Å²) in [5, 5.41) is 1.95. The Morgan fingerprint density at radius 3 is 2.63 bits per heavy atom. The van der Waals surface area contributed by atoms with E-state index in [1.807, 2.05) is 73.0 Å². The number of hydrogen-bond acceptors (Lipinski definition) is 8. The molecule has 0 saturated heterocycles. The second-order valence-corrected chi connectivity index (χ2v) is 12.4. The first-order valence-corrected chi connectivity index (χ1v) is 16.0. The second kappa shape index (κ2) is 13.2. The van der Waals surface area contributed by atoms with Crippen LogP contribution in [0.4, 0.5) is 0 Å². The van der Waals surface area contributed by atoms with Crippen LogP contribution in [0.3, 0.4) is 0 Å². The number of thiophene rings is 1. The van der Waals surface area contributed by atoms with Gasteiger partial charge in [-0.3, -0.25) is 9.36 Å². The molecule has 1 aliphatic rings. The number of allylic oxidation sites excluding steroid dienone is 1.